The van der Waals surface area contributed by atoms with Gasteiger partial charge in [-0.15, -0.1) is 25.8 Å². The Hall–Kier alpha value is -2.83. The van der Waals surface area contributed by atoms with Crippen LogP contribution in [0.5, 0.6) is 23.0 Å². The third kappa shape index (κ3) is 12.1. The monoisotopic (exact) mass is 944 g/mol. The number of rotatable bonds is 10. The average molecular weight is 945 g/mol. The number of nitrogens with two attached hydrogens (primary N) is 2. The first kappa shape index (κ1) is 57.2. The van der Waals surface area contributed by atoms with Gasteiger partial charge in [0.05, 0.1) is 51.0 Å². The van der Waals surface area contributed by atoms with E-state index in [0.29, 0.717) is 17.2 Å². The van der Waals surface area contributed by atoms with Crippen LogP contribution in [0.4, 0.5) is 34.1 Å². The Bertz CT molecular complexity index is 3070. The number of fused-ring (bicyclic) bond motifs is 2. The van der Waals surface area contributed by atoms with Crippen LogP contribution in [0.1, 0.15) is 0 Å². The van der Waals surface area contributed by atoms with Crippen molar-refractivity contribution in [3.05, 3.63) is 88.8 Å². The number of aromatic hydroxyl groups is 2. The van der Waals surface area contributed by atoms with Crippen LogP contribution < -0.4 is 139 Å². The predicted octanol–water partition coefficient (Wildman–Crippen LogP) is -6.32. The summed E-state index contributed by atoms with van der Waals surface area (Å²) in [4.78, 5) is 11.1. The molecule has 0 aromatic heterocycles. The van der Waals surface area contributed by atoms with E-state index in [4.69, 9.17) is 30.9 Å². The van der Waals surface area contributed by atoms with E-state index >= 15 is 0 Å². The molecular formula is C34H24N6Na4O15S3. The quantitative estimate of drug-likeness (QED) is 0.0326. The summed E-state index contributed by atoms with van der Waals surface area (Å²) in [5.41, 5.74) is 11.9. The molecule has 0 unspecified atom stereocenters. The van der Waals surface area contributed by atoms with Crippen molar-refractivity contribution in [3.63, 3.8) is 0 Å². The summed E-state index contributed by atoms with van der Waals surface area (Å²) < 4.78 is 117. The molecule has 0 saturated carbocycles. The van der Waals surface area contributed by atoms with Crippen LogP contribution in [-0.4, -0.2) is 63.3 Å². The second kappa shape index (κ2) is 22.9. The van der Waals surface area contributed by atoms with Gasteiger partial charge in [0.25, 0.3) is 0 Å². The fourth-order valence-corrected chi connectivity index (χ4v) is 7.74. The molecule has 28 heteroatoms. The zero-order valence-corrected chi connectivity index (χ0v) is 43.7. The van der Waals surface area contributed by atoms with Gasteiger partial charge >= 0.3 is 118 Å². The average Bonchev–Trinajstić information content (AvgIpc) is 3.16. The molecule has 0 amide bonds. The Labute approximate surface area is 441 Å². The van der Waals surface area contributed by atoms with E-state index < -0.39 is 73.0 Å². The third-order valence-corrected chi connectivity index (χ3v) is 10.9. The van der Waals surface area contributed by atoms with Crippen LogP contribution in [-0.2, 0) is 30.4 Å². The molecule has 0 atom stereocenters. The van der Waals surface area contributed by atoms with Crippen molar-refractivity contribution in [1.29, 1.82) is 0 Å². The van der Waals surface area contributed by atoms with E-state index in [-0.39, 0.29) is 169 Å². The number of benzene rings is 6. The Morgan fingerprint density at radius 2 is 0.919 bits per heavy atom. The van der Waals surface area contributed by atoms with E-state index in [9.17, 15) is 49.1 Å². The number of nitrogen functional groups attached to an aromatic ring is 2. The maximum Gasteiger partial charge on any atom is 1.00 e. The van der Waals surface area contributed by atoms with Crippen molar-refractivity contribution in [2.45, 2.75) is 14.7 Å². The Morgan fingerprint density at radius 1 is 0.548 bits per heavy atom. The molecule has 0 fully saturated rings. The minimum atomic E-state index is -5.38. The van der Waals surface area contributed by atoms with E-state index in [1.54, 1.807) is 30.3 Å². The normalized spacial score (nSPS) is 11.4. The molecule has 0 saturated heterocycles. The molecule has 21 nitrogen and oxygen atoms in total. The van der Waals surface area contributed by atoms with Gasteiger partial charge in [-0.1, -0.05) is 35.3 Å². The smallest absolute Gasteiger partial charge is 0.754 e. The molecule has 0 aliphatic rings. The summed E-state index contributed by atoms with van der Waals surface area (Å²) in [6.45, 7) is 0. The standard InChI is InChI=1S/C34H27N6O13S3.4Na.O2/c1-52-25-13-16(3-8-21(25)37-39-23-10-5-18-27(54(43,44)45)12-7-20(35)30(18)33(23)41)17-4-9-22(26(14-17)53-2)38-40-24-11-6-19-28(55(46,47)48)15-29(56(49,50)51)32(36)31(19)34(24)42;;;;;1-2/h3-6,8-15,41-42H,35-36H2,1-2H3,(H,43,44,45)(H,46,47,48)(H,49,50,51);;;;;/q-1;4*+1;/p-3. The Balaban J connectivity index is 0.00000316. The number of methoxy groups -OCH3 is 2. The van der Waals surface area contributed by atoms with Crippen LogP contribution in [0, 0.1) is 16.0 Å². The summed E-state index contributed by atoms with van der Waals surface area (Å²) in [6.07, 6.45) is 0. The van der Waals surface area contributed by atoms with Gasteiger partial charge in [-0.05, 0) is 58.5 Å². The van der Waals surface area contributed by atoms with Crippen LogP contribution in [0.2, 0.25) is 0 Å². The molecule has 0 aliphatic heterocycles. The van der Waals surface area contributed by atoms with Crippen molar-refractivity contribution in [2.75, 3.05) is 25.7 Å². The van der Waals surface area contributed by atoms with Gasteiger partial charge in [0.15, 0.2) is 5.75 Å². The first-order valence-electron chi connectivity index (χ1n) is 15.5. The second-order valence-electron chi connectivity index (χ2n) is 11.6. The third-order valence-electron chi connectivity index (χ3n) is 8.30. The Morgan fingerprint density at radius 3 is 1.32 bits per heavy atom. The molecule has 302 valence electrons. The molecule has 6 aromatic rings. The molecule has 0 spiro atoms. The number of nitrogens with zero attached hydrogens (tertiary/aromatic N) is 4. The van der Waals surface area contributed by atoms with Gasteiger partial charge in [0.1, 0.15) is 54.5 Å². The van der Waals surface area contributed by atoms with Crippen molar-refractivity contribution in [2.24, 2.45) is 20.5 Å². The fourth-order valence-electron chi connectivity index (χ4n) is 5.68. The molecule has 6 rings (SSSR count). The maximum absolute atomic E-state index is 11.9. The van der Waals surface area contributed by atoms with E-state index in [1.807, 2.05) is 0 Å². The van der Waals surface area contributed by atoms with Crippen LogP contribution in [0.3, 0.4) is 0 Å². The Kier molecular flexibility index (Phi) is 21.1. The molecule has 0 radical (unpaired) electrons. The largest absolute Gasteiger partial charge is 1.00 e. The SMILES string of the molecule is COc1cc(-c2ccc(N=Nc3ccc4c(S(=O)(=O)[O-])cc(S(=O)(=O)[O-])c(N)c4c3O)c(OC)c2)ccc1N=Nc1ccc2c(S(=O)(=O)[O-])c[c-]c(N)c2c1O.O=O.[Na+].[Na+].[Na+].[Na+]. The van der Waals surface area contributed by atoms with Crippen LogP contribution >= 0.6 is 0 Å². The first-order valence-corrected chi connectivity index (χ1v) is 19.7. The number of azo groups is 2. The number of ether oxygens (including phenoxy) is 2. The van der Waals surface area contributed by atoms with Gasteiger partial charge in [0, 0.05) is 15.3 Å². The number of hydrogen-bond donors (Lipinski definition) is 4. The number of phenols is 2. The van der Waals surface area contributed by atoms with E-state index in [1.165, 1.54) is 32.4 Å². The van der Waals surface area contributed by atoms with Crippen LogP contribution in [0.15, 0.2) is 108 Å². The summed E-state index contributed by atoms with van der Waals surface area (Å²) in [5.74, 6) is -0.960. The summed E-state index contributed by atoms with van der Waals surface area (Å²) in [5, 5.41) is 36.7. The molecule has 6 aromatic carbocycles. The predicted molar refractivity (Wildman–Crippen MR) is 203 cm³/mol. The minimum Gasteiger partial charge on any atom is -0.754 e. The molecular weight excluding hydrogens is 921 g/mol. The summed E-state index contributed by atoms with van der Waals surface area (Å²) in [7, 11) is -12.9. The van der Waals surface area contributed by atoms with Crippen molar-refractivity contribution in [1.82, 2.24) is 0 Å². The molecule has 0 heterocycles. The number of anilines is 2. The van der Waals surface area contributed by atoms with Crippen LogP contribution in [0.25, 0.3) is 32.7 Å². The van der Waals surface area contributed by atoms with Crippen molar-refractivity contribution in [3.8, 4) is 34.1 Å². The van der Waals surface area contributed by atoms with Gasteiger partial charge in [0.2, 0.25) is 0 Å². The van der Waals surface area contributed by atoms with Gasteiger partial charge in [-0.2, -0.15) is 12.1 Å². The molecule has 6 N–H and O–H groups in total. The minimum absolute atomic E-state index is 0. The van der Waals surface area contributed by atoms with Gasteiger partial charge in [-0.25, -0.2) is 16.8 Å². The maximum atomic E-state index is 11.9. The second-order valence-corrected chi connectivity index (χ2v) is 15.6. The molecule has 62 heavy (non-hydrogen) atoms. The first-order chi connectivity index (χ1) is 27.2. The van der Waals surface area contributed by atoms with Crippen molar-refractivity contribution < 1.29 is 177 Å². The molecule has 0 bridgehead atoms. The zero-order valence-electron chi connectivity index (χ0n) is 33.3. The zero-order chi connectivity index (χ0) is 42.9. The summed E-state index contributed by atoms with van der Waals surface area (Å²) in [6, 6.07) is 17.9. The molecule has 0 aliphatic carbocycles. The van der Waals surface area contributed by atoms with Gasteiger partial charge < -0.3 is 44.8 Å². The van der Waals surface area contributed by atoms with E-state index in [2.05, 4.69) is 26.5 Å². The number of phenolic OH excluding ortho intramolecular Hbond substituents is 2. The number of hydrogen-bond acceptors (Lipinski definition) is 21. The topological polar surface area (TPSA) is 366 Å². The summed E-state index contributed by atoms with van der Waals surface area (Å²) >= 11 is 0. The fraction of sp³-hybridized carbons (Fsp3) is 0.0588. The van der Waals surface area contributed by atoms with E-state index in [0.717, 1.165) is 18.2 Å². The van der Waals surface area contributed by atoms with Gasteiger partial charge in [-0.3, -0.25) is 8.42 Å². The van der Waals surface area contributed by atoms with Crippen molar-refractivity contribution >= 4 is 86.0 Å².